The first kappa shape index (κ1) is 16.2. The van der Waals surface area contributed by atoms with E-state index in [1.54, 1.807) is 0 Å². The molecule has 23 heavy (non-hydrogen) atoms. The van der Waals surface area contributed by atoms with Crippen LogP contribution in [-0.4, -0.2) is 60.4 Å². The molecule has 2 aliphatic rings. The molecule has 0 aliphatic carbocycles. The normalized spacial score (nSPS) is 22.3. The fourth-order valence-electron chi connectivity index (χ4n) is 3.78. The molecular weight excluding hydrogens is 288 g/mol. The first-order valence-electron chi connectivity index (χ1n) is 8.76. The van der Waals surface area contributed by atoms with Crippen LogP contribution in [0.1, 0.15) is 37.1 Å². The molecule has 6 nitrogen and oxygen atoms in total. The number of piperazine rings is 1. The third kappa shape index (κ3) is 3.17. The quantitative estimate of drug-likeness (QED) is 0.893. The molecule has 124 valence electrons. The fraction of sp³-hybridized carbons (Fsp3) is 0.706. The minimum atomic E-state index is 0.571. The van der Waals surface area contributed by atoms with Crippen molar-refractivity contribution in [3.8, 4) is 6.07 Å². The van der Waals surface area contributed by atoms with Gasteiger partial charge in [-0.3, -0.25) is 4.90 Å². The van der Waals surface area contributed by atoms with Gasteiger partial charge in [-0.15, -0.1) is 5.10 Å². The summed E-state index contributed by atoms with van der Waals surface area (Å²) in [6, 6.07) is 2.96. The summed E-state index contributed by atoms with van der Waals surface area (Å²) in [5.74, 6) is 0.791. The summed E-state index contributed by atoms with van der Waals surface area (Å²) in [5, 5.41) is 21.9. The van der Waals surface area contributed by atoms with Gasteiger partial charge < -0.3 is 10.2 Å². The van der Waals surface area contributed by atoms with Crippen LogP contribution in [0.5, 0.6) is 0 Å². The van der Waals surface area contributed by atoms with Crippen LogP contribution in [0.2, 0.25) is 0 Å². The van der Waals surface area contributed by atoms with Gasteiger partial charge >= 0.3 is 0 Å². The average Bonchev–Trinajstić information content (AvgIpc) is 3.10. The van der Waals surface area contributed by atoms with E-state index >= 15 is 0 Å². The predicted octanol–water partition coefficient (Wildman–Crippen LogP) is 0.957. The summed E-state index contributed by atoms with van der Waals surface area (Å²) < 4.78 is 0. The second-order valence-corrected chi connectivity index (χ2v) is 6.32. The van der Waals surface area contributed by atoms with E-state index in [4.69, 9.17) is 0 Å². The van der Waals surface area contributed by atoms with Gasteiger partial charge in [0.25, 0.3) is 0 Å². The molecule has 2 saturated heterocycles. The number of nitriles is 1. The number of hydrogen-bond donors (Lipinski definition) is 1. The first-order chi connectivity index (χ1) is 11.3. The number of aromatic nitrogens is 2. The summed E-state index contributed by atoms with van der Waals surface area (Å²) >= 11 is 0. The highest BCUT2D eigenvalue weighted by atomic mass is 15.3. The molecule has 3 heterocycles. The molecule has 0 bridgehead atoms. The zero-order valence-corrected chi connectivity index (χ0v) is 14.2. The minimum absolute atomic E-state index is 0.571. The van der Waals surface area contributed by atoms with Crippen LogP contribution < -0.4 is 10.2 Å². The van der Waals surface area contributed by atoms with Crippen LogP contribution in [0.3, 0.4) is 0 Å². The van der Waals surface area contributed by atoms with Gasteiger partial charge in [-0.1, -0.05) is 13.8 Å². The molecule has 0 amide bonds. The highest BCUT2D eigenvalue weighted by Crippen LogP contribution is 2.27. The smallest absolute Gasteiger partial charge is 0.169 e. The zero-order valence-electron chi connectivity index (χ0n) is 14.2. The van der Waals surface area contributed by atoms with Crippen molar-refractivity contribution in [2.75, 3.05) is 44.2 Å². The molecule has 2 fully saturated rings. The number of anilines is 1. The van der Waals surface area contributed by atoms with Gasteiger partial charge in [0.15, 0.2) is 5.82 Å². The highest BCUT2D eigenvalue weighted by molar-refractivity contribution is 5.58. The van der Waals surface area contributed by atoms with Crippen molar-refractivity contribution in [3.05, 3.63) is 16.8 Å². The Morgan fingerprint density at radius 2 is 1.96 bits per heavy atom. The summed E-state index contributed by atoms with van der Waals surface area (Å²) in [7, 11) is 0. The fourth-order valence-corrected chi connectivity index (χ4v) is 3.78. The van der Waals surface area contributed by atoms with Crippen LogP contribution in [-0.2, 0) is 12.8 Å². The van der Waals surface area contributed by atoms with Crippen molar-refractivity contribution in [1.29, 1.82) is 5.26 Å². The summed E-state index contributed by atoms with van der Waals surface area (Å²) in [4.78, 5) is 4.83. The molecule has 1 aromatic rings. The molecule has 3 rings (SSSR count). The lowest BCUT2D eigenvalue weighted by Gasteiger charge is -2.32. The van der Waals surface area contributed by atoms with Crippen LogP contribution in [0.15, 0.2) is 0 Å². The lowest BCUT2D eigenvalue weighted by Crippen LogP contribution is -2.49. The highest BCUT2D eigenvalue weighted by Gasteiger charge is 2.31. The molecule has 0 saturated carbocycles. The Labute approximate surface area is 138 Å². The van der Waals surface area contributed by atoms with E-state index < -0.39 is 0 Å². The second kappa shape index (κ2) is 7.24. The molecule has 1 N–H and O–H groups in total. The average molecular weight is 314 g/mol. The van der Waals surface area contributed by atoms with E-state index in [0.717, 1.165) is 81.2 Å². The van der Waals surface area contributed by atoms with Crippen molar-refractivity contribution in [3.63, 3.8) is 0 Å². The van der Waals surface area contributed by atoms with Gasteiger partial charge in [0.1, 0.15) is 11.6 Å². The zero-order chi connectivity index (χ0) is 16.2. The first-order valence-corrected chi connectivity index (χ1v) is 8.76. The van der Waals surface area contributed by atoms with Crippen molar-refractivity contribution in [2.24, 2.45) is 0 Å². The Bertz CT molecular complexity index is 587. The number of hydrogen-bond acceptors (Lipinski definition) is 6. The third-order valence-corrected chi connectivity index (χ3v) is 5.07. The van der Waals surface area contributed by atoms with Crippen molar-refractivity contribution in [2.45, 2.75) is 39.2 Å². The maximum absolute atomic E-state index is 9.66. The SMILES string of the molecule is CCc1nnc(N2CCC(N3CCNCC3)C2)c(C#N)c1CC. The second-order valence-electron chi connectivity index (χ2n) is 6.32. The van der Waals surface area contributed by atoms with Gasteiger partial charge in [-0.2, -0.15) is 10.4 Å². The van der Waals surface area contributed by atoms with Crippen LogP contribution in [0, 0.1) is 11.3 Å². The molecule has 0 radical (unpaired) electrons. The Kier molecular flexibility index (Phi) is 5.09. The number of aryl methyl sites for hydroxylation is 1. The number of nitrogens with zero attached hydrogens (tertiary/aromatic N) is 5. The predicted molar refractivity (Wildman–Crippen MR) is 90.6 cm³/mol. The molecule has 0 spiro atoms. The van der Waals surface area contributed by atoms with Crippen LogP contribution in [0.25, 0.3) is 0 Å². The Morgan fingerprint density at radius 3 is 2.61 bits per heavy atom. The molecule has 6 heteroatoms. The number of nitrogens with one attached hydrogen (secondary N) is 1. The van der Waals surface area contributed by atoms with Crippen molar-refractivity contribution in [1.82, 2.24) is 20.4 Å². The molecule has 0 aromatic carbocycles. The summed E-state index contributed by atoms with van der Waals surface area (Å²) in [5.41, 5.74) is 2.77. The maximum atomic E-state index is 9.66. The monoisotopic (exact) mass is 314 g/mol. The van der Waals surface area contributed by atoms with Crippen LogP contribution in [0.4, 0.5) is 5.82 Å². The van der Waals surface area contributed by atoms with E-state index in [1.807, 2.05) is 0 Å². The van der Waals surface area contributed by atoms with Crippen molar-refractivity contribution >= 4 is 5.82 Å². The minimum Gasteiger partial charge on any atom is -0.352 e. The standard InChI is InChI=1S/C17H26N6/c1-3-14-15(11-18)17(21-20-16(14)4-2)23-8-5-13(12-23)22-9-6-19-7-10-22/h13,19H,3-10,12H2,1-2H3. The lowest BCUT2D eigenvalue weighted by molar-refractivity contribution is 0.185. The Morgan fingerprint density at radius 1 is 1.17 bits per heavy atom. The van der Waals surface area contributed by atoms with Crippen LogP contribution >= 0.6 is 0 Å². The Balaban J connectivity index is 1.81. The number of rotatable bonds is 4. The molecule has 1 aromatic heterocycles. The van der Waals surface area contributed by atoms with Gasteiger partial charge in [0.2, 0.25) is 0 Å². The van der Waals surface area contributed by atoms with E-state index in [1.165, 1.54) is 0 Å². The van der Waals surface area contributed by atoms with E-state index in [0.29, 0.717) is 6.04 Å². The largest absolute Gasteiger partial charge is 0.352 e. The van der Waals surface area contributed by atoms with Gasteiger partial charge in [-0.05, 0) is 24.8 Å². The molecular formula is C17H26N6. The maximum Gasteiger partial charge on any atom is 0.169 e. The van der Waals surface area contributed by atoms with Gasteiger partial charge in [-0.25, -0.2) is 0 Å². The Hall–Kier alpha value is -1.71. The molecule has 2 aliphatic heterocycles. The molecule has 1 atom stereocenters. The van der Waals surface area contributed by atoms with Gasteiger partial charge in [0, 0.05) is 45.3 Å². The topological polar surface area (TPSA) is 68.1 Å². The summed E-state index contributed by atoms with van der Waals surface area (Å²) in [6.45, 7) is 10.5. The van der Waals surface area contributed by atoms with Gasteiger partial charge in [0.05, 0.1) is 5.69 Å². The van der Waals surface area contributed by atoms with E-state index in [2.05, 4.69) is 45.2 Å². The van der Waals surface area contributed by atoms with E-state index in [-0.39, 0.29) is 0 Å². The molecule has 1 unspecified atom stereocenters. The third-order valence-electron chi connectivity index (χ3n) is 5.07. The lowest BCUT2D eigenvalue weighted by atomic mass is 10.0. The van der Waals surface area contributed by atoms with E-state index in [9.17, 15) is 5.26 Å². The summed E-state index contributed by atoms with van der Waals surface area (Å²) in [6.07, 6.45) is 2.81. The van der Waals surface area contributed by atoms with Crippen molar-refractivity contribution < 1.29 is 0 Å².